The van der Waals surface area contributed by atoms with Crippen molar-refractivity contribution in [2.45, 2.75) is 19.3 Å². The maximum absolute atomic E-state index is 5.06. The highest BCUT2D eigenvalue weighted by atomic mass is 15.0. The fourth-order valence-electron chi connectivity index (χ4n) is 11.3. The molecule has 3 aromatic heterocycles. The Morgan fingerprint density at radius 3 is 1.54 bits per heavy atom. The number of aromatic nitrogens is 5. The quantitative estimate of drug-likeness (QED) is 0.160. The molecule has 3 heterocycles. The van der Waals surface area contributed by atoms with Crippen molar-refractivity contribution in [3.8, 4) is 78.9 Å². The molecule has 0 radical (unpaired) electrons. The van der Waals surface area contributed by atoms with Crippen molar-refractivity contribution < 1.29 is 0 Å². The molecule has 0 spiro atoms. The third-order valence-electron chi connectivity index (χ3n) is 14.7. The lowest BCUT2D eigenvalue weighted by Crippen LogP contribution is -2.14. The molecule has 0 bridgehead atoms. The van der Waals surface area contributed by atoms with Gasteiger partial charge in [0.2, 0.25) is 0 Å². The Bertz CT molecular complexity index is 4180. The van der Waals surface area contributed by atoms with Gasteiger partial charge in [-0.15, -0.1) is 0 Å². The zero-order chi connectivity index (χ0) is 47.2. The number of fused-ring (bicyclic) bond motifs is 9. The average molecular weight is 908 g/mol. The van der Waals surface area contributed by atoms with Crippen LogP contribution in [-0.2, 0) is 5.41 Å². The van der Waals surface area contributed by atoms with Gasteiger partial charge >= 0.3 is 0 Å². The van der Waals surface area contributed by atoms with Gasteiger partial charge in [-0.3, -0.25) is 0 Å². The van der Waals surface area contributed by atoms with Crippen LogP contribution < -0.4 is 0 Å². The van der Waals surface area contributed by atoms with Gasteiger partial charge in [0.05, 0.1) is 22.1 Å². The van der Waals surface area contributed by atoms with Crippen LogP contribution in [0.3, 0.4) is 0 Å². The van der Waals surface area contributed by atoms with Gasteiger partial charge in [-0.1, -0.05) is 184 Å². The molecule has 0 fully saturated rings. The van der Waals surface area contributed by atoms with Crippen molar-refractivity contribution in [3.63, 3.8) is 0 Å². The van der Waals surface area contributed by atoms with Gasteiger partial charge in [0.25, 0.3) is 0 Å². The van der Waals surface area contributed by atoms with Gasteiger partial charge in [0, 0.05) is 55.0 Å². The second kappa shape index (κ2) is 15.9. The van der Waals surface area contributed by atoms with Crippen LogP contribution in [0.5, 0.6) is 0 Å². The summed E-state index contributed by atoms with van der Waals surface area (Å²) < 4.78 is 4.87. The lowest BCUT2D eigenvalue weighted by molar-refractivity contribution is 0.661. The van der Waals surface area contributed by atoms with Gasteiger partial charge in [-0.2, -0.15) is 0 Å². The Hall–Kier alpha value is -9.19. The molecule has 334 valence electrons. The number of para-hydroxylation sites is 2. The first-order valence-electron chi connectivity index (χ1n) is 24.3. The highest BCUT2D eigenvalue weighted by molar-refractivity contribution is 6.14. The van der Waals surface area contributed by atoms with E-state index in [1.165, 1.54) is 71.5 Å². The molecule has 0 aliphatic heterocycles. The average Bonchev–Trinajstić information content (AvgIpc) is 4.02. The molecule has 0 amide bonds. The monoisotopic (exact) mass is 907 g/mol. The van der Waals surface area contributed by atoms with Gasteiger partial charge in [0.15, 0.2) is 17.5 Å². The third kappa shape index (κ3) is 6.58. The Labute approximate surface area is 411 Å². The summed E-state index contributed by atoms with van der Waals surface area (Å²) in [5.41, 5.74) is 19.6. The molecule has 0 N–H and O–H groups in total. The van der Waals surface area contributed by atoms with Crippen molar-refractivity contribution in [3.05, 3.63) is 248 Å². The lowest BCUT2D eigenvalue weighted by Gasteiger charge is -2.21. The fraction of sp³-hybridized carbons (Fsp3) is 0.0455. The number of benzene rings is 10. The molecule has 5 heteroatoms. The zero-order valence-corrected chi connectivity index (χ0v) is 39.3. The van der Waals surface area contributed by atoms with E-state index in [0.29, 0.717) is 17.5 Å². The van der Waals surface area contributed by atoms with Gasteiger partial charge < -0.3 is 9.13 Å². The van der Waals surface area contributed by atoms with Crippen molar-refractivity contribution in [2.24, 2.45) is 0 Å². The Morgan fingerprint density at radius 1 is 0.282 bits per heavy atom. The van der Waals surface area contributed by atoms with Crippen LogP contribution in [-0.4, -0.2) is 24.1 Å². The van der Waals surface area contributed by atoms with Gasteiger partial charge in [-0.05, 0) is 111 Å². The molecule has 0 saturated carbocycles. The third-order valence-corrected chi connectivity index (χ3v) is 14.7. The minimum atomic E-state index is -0.156. The number of rotatable bonds is 7. The summed E-state index contributed by atoms with van der Waals surface area (Å²) in [6.45, 7) is 4.73. The van der Waals surface area contributed by atoms with E-state index < -0.39 is 0 Å². The maximum atomic E-state index is 5.06. The molecule has 0 saturated heterocycles. The number of hydrogen-bond donors (Lipinski definition) is 0. The van der Waals surface area contributed by atoms with Crippen molar-refractivity contribution >= 4 is 43.6 Å². The van der Waals surface area contributed by atoms with Crippen LogP contribution in [0, 0.1) is 0 Å². The first-order chi connectivity index (χ1) is 34.9. The molecule has 71 heavy (non-hydrogen) atoms. The molecular formula is C66H45N5. The largest absolute Gasteiger partial charge is 0.309 e. The molecule has 0 unspecified atom stereocenters. The van der Waals surface area contributed by atoms with Gasteiger partial charge in [-0.25, -0.2) is 15.0 Å². The van der Waals surface area contributed by atoms with Crippen LogP contribution in [0.15, 0.2) is 237 Å². The van der Waals surface area contributed by atoms with Crippen molar-refractivity contribution in [2.75, 3.05) is 0 Å². The first-order valence-corrected chi connectivity index (χ1v) is 24.3. The summed E-state index contributed by atoms with van der Waals surface area (Å²) in [5.74, 6) is 1.92. The minimum Gasteiger partial charge on any atom is -0.309 e. The van der Waals surface area contributed by atoms with Crippen molar-refractivity contribution in [1.29, 1.82) is 0 Å². The summed E-state index contributed by atoms with van der Waals surface area (Å²) in [5, 5.41) is 4.95. The molecule has 1 aliphatic rings. The van der Waals surface area contributed by atoms with E-state index in [2.05, 4.69) is 199 Å². The molecule has 14 rings (SSSR count). The standard InChI is InChI=1S/C66H45N5/c1-66(2)57-30-14-12-28-51(57)54-40-56-55-38-46(47-32-34-53-52-29-13-15-31-59(52)70(61(53)39-47)49-25-10-5-11-26-49)33-35-60(55)71(62(56)41-58(54)66)50-27-17-23-45(37-50)44-22-16-24-48(36-44)65-68-63(42-18-6-3-7-19-42)67-64(69-65)43-20-8-4-9-21-43/h3-41H,1-2H3. The highest BCUT2D eigenvalue weighted by Crippen LogP contribution is 2.51. The molecule has 0 atom stereocenters. The van der Waals surface area contributed by atoms with E-state index in [1.54, 1.807) is 0 Å². The Balaban J connectivity index is 0.933. The molecule has 5 nitrogen and oxygen atoms in total. The SMILES string of the molecule is CC1(C)c2ccccc2-c2cc3c4cc(-c5ccc6c7ccccc7n(-c7ccccc7)c6c5)ccc4n(-c4cccc(-c5cccc(-c6nc(-c7ccccc7)nc(-c7ccccc7)n6)c5)c4)c3cc21. The maximum Gasteiger partial charge on any atom is 0.164 e. The Morgan fingerprint density at radius 2 is 0.775 bits per heavy atom. The van der Waals surface area contributed by atoms with E-state index in [9.17, 15) is 0 Å². The molecule has 10 aromatic carbocycles. The molecule has 13 aromatic rings. The van der Waals surface area contributed by atoms with Gasteiger partial charge in [0.1, 0.15) is 0 Å². The predicted octanol–water partition coefficient (Wildman–Crippen LogP) is 16.7. The van der Waals surface area contributed by atoms with E-state index >= 15 is 0 Å². The Kier molecular flexibility index (Phi) is 9.17. The lowest BCUT2D eigenvalue weighted by atomic mass is 9.82. The second-order valence-corrected chi connectivity index (χ2v) is 19.2. The summed E-state index contributed by atoms with van der Waals surface area (Å²) in [7, 11) is 0. The fourth-order valence-corrected chi connectivity index (χ4v) is 11.3. The second-order valence-electron chi connectivity index (χ2n) is 19.2. The van der Waals surface area contributed by atoms with E-state index in [1.807, 2.05) is 60.7 Å². The number of hydrogen-bond acceptors (Lipinski definition) is 3. The summed E-state index contributed by atoms with van der Waals surface area (Å²) in [6.07, 6.45) is 0. The number of nitrogens with zero attached hydrogens (tertiary/aromatic N) is 5. The van der Waals surface area contributed by atoms with Crippen LogP contribution in [0.2, 0.25) is 0 Å². The zero-order valence-electron chi connectivity index (χ0n) is 39.3. The van der Waals surface area contributed by atoms with Crippen LogP contribution in [0.4, 0.5) is 0 Å². The topological polar surface area (TPSA) is 48.5 Å². The smallest absolute Gasteiger partial charge is 0.164 e. The summed E-state index contributed by atoms with van der Waals surface area (Å²) >= 11 is 0. The highest BCUT2D eigenvalue weighted by Gasteiger charge is 2.36. The van der Waals surface area contributed by atoms with E-state index in [4.69, 9.17) is 15.0 Å². The minimum absolute atomic E-state index is 0.156. The van der Waals surface area contributed by atoms with Crippen LogP contribution in [0.1, 0.15) is 25.0 Å². The molecular weight excluding hydrogens is 863 g/mol. The van der Waals surface area contributed by atoms with Crippen molar-refractivity contribution in [1.82, 2.24) is 24.1 Å². The van der Waals surface area contributed by atoms with E-state index in [-0.39, 0.29) is 5.41 Å². The van der Waals surface area contributed by atoms with E-state index in [0.717, 1.165) is 44.7 Å². The van der Waals surface area contributed by atoms with Crippen LogP contribution >= 0.6 is 0 Å². The summed E-state index contributed by atoms with van der Waals surface area (Å²) in [6, 6.07) is 85.2. The predicted molar refractivity (Wildman–Crippen MR) is 293 cm³/mol. The first kappa shape index (κ1) is 40.8. The normalized spacial score (nSPS) is 12.8. The molecule has 1 aliphatic carbocycles. The summed E-state index contributed by atoms with van der Waals surface area (Å²) in [4.78, 5) is 15.1. The van der Waals surface area contributed by atoms with Crippen LogP contribution in [0.25, 0.3) is 123 Å².